The van der Waals surface area contributed by atoms with Crippen LogP contribution in [0.2, 0.25) is 0 Å². The highest BCUT2D eigenvalue weighted by atomic mass is 14.5. The first-order valence-electron chi connectivity index (χ1n) is 2.32. The minimum atomic E-state index is 0.382. The van der Waals surface area contributed by atoms with Gasteiger partial charge in [-0.2, -0.15) is 0 Å². The van der Waals surface area contributed by atoms with E-state index < -0.39 is 0 Å². The maximum Gasteiger partial charge on any atom is 0.0577 e. The van der Waals surface area contributed by atoms with Crippen molar-refractivity contribution in [3.05, 3.63) is 24.4 Å². The minimum Gasteiger partial charge on any atom is -0.404 e. The standard InChI is InChI=1S/C6H10N2/c1-3-6(8)5(2)4-7/h3-4,8H,1,7H2,2H3/b5-4-,8-6?. The molecule has 2 heteroatoms. The molecule has 3 N–H and O–H groups in total. The summed E-state index contributed by atoms with van der Waals surface area (Å²) in [6, 6.07) is 0. The third-order valence-corrected chi connectivity index (χ3v) is 0.879. The molecule has 0 saturated carbocycles. The van der Waals surface area contributed by atoms with E-state index in [0.29, 0.717) is 5.71 Å². The Morgan fingerprint density at radius 1 is 1.75 bits per heavy atom. The van der Waals surface area contributed by atoms with Crippen LogP contribution in [0, 0.1) is 5.41 Å². The van der Waals surface area contributed by atoms with Crippen molar-refractivity contribution in [3.63, 3.8) is 0 Å². The molecule has 0 rings (SSSR count). The fourth-order valence-corrected chi connectivity index (χ4v) is 0.251. The molecule has 0 heterocycles. The van der Waals surface area contributed by atoms with Gasteiger partial charge in [-0.25, -0.2) is 0 Å². The molecule has 0 aliphatic carbocycles. The smallest absolute Gasteiger partial charge is 0.0577 e. The first-order chi connectivity index (χ1) is 3.72. The van der Waals surface area contributed by atoms with Gasteiger partial charge in [0.15, 0.2) is 0 Å². The predicted molar refractivity (Wildman–Crippen MR) is 35.9 cm³/mol. The Kier molecular flexibility index (Phi) is 2.62. The molecule has 44 valence electrons. The second kappa shape index (κ2) is 3.02. The zero-order chi connectivity index (χ0) is 6.57. The minimum absolute atomic E-state index is 0.382. The van der Waals surface area contributed by atoms with Gasteiger partial charge in [0.25, 0.3) is 0 Å². The van der Waals surface area contributed by atoms with Crippen molar-refractivity contribution in [1.29, 1.82) is 5.41 Å². The Morgan fingerprint density at radius 3 is 2.38 bits per heavy atom. The van der Waals surface area contributed by atoms with E-state index in [4.69, 9.17) is 11.1 Å². The largest absolute Gasteiger partial charge is 0.404 e. The normalized spacial score (nSPS) is 10.9. The lowest BCUT2D eigenvalue weighted by molar-refractivity contribution is 1.42. The lowest BCUT2D eigenvalue weighted by Gasteiger charge is -1.91. The molecule has 0 unspecified atom stereocenters. The molecule has 0 bridgehead atoms. The van der Waals surface area contributed by atoms with E-state index in [0.717, 1.165) is 5.57 Å². The van der Waals surface area contributed by atoms with E-state index in [1.807, 2.05) is 0 Å². The van der Waals surface area contributed by atoms with Crippen LogP contribution in [0.15, 0.2) is 24.4 Å². The van der Waals surface area contributed by atoms with Crippen molar-refractivity contribution in [2.75, 3.05) is 0 Å². The van der Waals surface area contributed by atoms with Crippen LogP contribution in [-0.2, 0) is 0 Å². The molecule has 0 aliphatic heterocycles. The molecule has 2 nitrogen and oxygen atoms in total. The highest BCUT2D eigenvalue weighted by molar-refractivity contribution is 6.05. The van der Waals surface area contributed by atoms with Crippen LogP contribution < -0.4 is 5.73 Å². The van der Waals surface area contributed by atoms with Gasteiger partial charge in [-0.15, -0.1) is 0 Å². The zero-order valence-corrected chi connectivity index (χ0v) is 4.94. The van der Waals surface area contributed by atoms with Crippen molar-refractivity contribution in [3.8, 4) is 0 Å². The third kappa shape index (κ3) is 1.60. The fourth-order valence-electron chi connectivity index (χ4n) is 0.251. The van der Waals surface area contributed by atoms with E-state index >= 15 is 0 Å². The molecule has 0 amide bonds. The average molecular weight is 110 g/mol. The summed E-state index contributed by atoms with van der Waals surface area (Å²) in [5.74, 6) is 0. The van der Waals surface area contributed by atoms with Gasteiger partial charge in [0, 0.05) is 0 Å². The van der Waals surface area contributed by atoms with Crippen LogP contribution >= 0.6 is 0 Å². The van der Waals surface area contributed by atoms with Gasteiger partial charge in [-0.1, -0.05) is 6.58 Å². The second-order valence-corrected chi connectivity index (χ2v) is 1.47. The SMILES string of the molecule is C=CC(=N)/C(C)=C\N. The van der Waals surface area contributed by atoms with E-state index in [-0.39, 0.29) is 0 Å². The summed E-state index contributed by atoms with van der Waals surface area (Å²) < 4.78 is 0. The Morgan fingerprint density at radius 2 is 2.25 bits per heavy atom. The average Bonchev–Trinajstić information content (AvgIpc) is 1.84. The third-order valence-electron chi connectivity index (χ3n) is 0.879. The summed E-state index contributed by atoms with van der Waals surface area (Å²) in [6.45, 7) is 5.18. The van der Waals surface area contributed by atoms with Crippen molar-refractivity contribution in [2.45, 2.75) is 6.92 Å². The molecule has 0 saturated heterocycles. The summed E-state index contributed by atoms with van der Waals surface area (Å²) in [5.41, 5.74) is 6.23. The molecule has 0 aromatic rings. The number of nitrogens with one attached hydrogen (secondary N) is 1. The van der Waals surface area contributed by atoms with E-state index in [1.54, 1.807) is 6.92 Å². The lowest BCUT2D eigenvalue weighted by atomic mass is 10.2. The van der Waals surface area contributed by atoms with Gasteiger partial charge in [-0.05, 0) is 24.8 Å². The van der Waals surface area contributed by atoms with Crippen LogP contribution in [0.25, 0.3) is 0 Å². The monoisotopic (exact) mass is 110 g/mol. The quantitative estimate of drug-likeness (QED) is 0.513. The molecule has 0 atom stereocenters. The Balaban J connectivity index is 4.03. The van der Waals surface area contributed by atoms with Crippen LogP contribution in [-0.4, -0.2) is 5.71 Å². The maximum atomic E-state index is 7.08. The number of hydrogen-bond acceptors (Lipinski definition) is 2. The number of allylic oxidation sites excluding steroid dienone is 2. The van der Waals surface area contributed by atoms with Gasteiger partial charge in [0.2, 0.25) is 0 Å². The molecule has 0 fully saturated rings. The van der Waals surface area contributed by atoms with Gasteiger partial charge >= 0.3 is 0 Å². The Hall–Kier alpha value is -1.05. The van der Waals surface area contributed by atoms with Crippen LogP contribution in [0.5, 0.6) is 0 Å². The first-order valence-corrected chi connectivity index (χ1v) is 2.32. The van der Waals surface area contributed by atoms with Crippen LogP contribution in [0.4, 0.5) is 0 Å². The summed E-state index contributed by atoms with van der Waals surface area (Å²) in [7, 11) is 0. The zero-order valence-electron chi connectivity index (χ0n) is 4.94. The fraction of sp³-hybridized carbons (Fsp3) is 0.167. The van der Waals surface area contributed by atoms with Gasteiger partial charge in [0.1, 0.15) is 0 Å². The summed E-state index contributed by atoms with van der Waals surface area (Å²) in [5, 5.41) is 7.08. The Labute approximate surface area is 49.2 Å². The molecular formula is C6H10N2. The molecule has 0 aromatic carbocycles. The first kappa shape index (κ1) is 6.95. The molecule has 0 radical (unpaired) electrons. The summed E-state index contributed by atoms with van der Waals surface area (Å²) in [6.07, 6.45) is 2.85. The van der Waals surface area contributed by atoms with Crippen molar-refractivity contribution in [2.24, 2.45) is 5.73 Å². The van der Waals surface area contributed by atoms with Crippen LogP contribution in [0.1, 0.15) is 6.92 Å². The summed E-state index contributed by atoms with van der Waals surface area (Å²) in [4.78, 5) is 0. The predicted octanol–water partition coefficient (Wildman–Crippen LogP) is 1.05. The van der Waals surface area contributed by atoms with E-state index in [1.165, 1.54) is 12.3 Å². The molecule has 8 heavy (non-hydrogen) atoms. The lowest BCUT2D eigenvalue weighted by Crippen LogP contribution is -1.94. The highest BCUT2D eigenvalue weighted by Crippen LogP contribution is 1.90. The molecule has 0 spiro atoms. The second-order valence-electron chi connectivity index (χ2n) is 1.47. The number of hydrogen-bond donors (Lipinski definition) is 2. The van der Waals surface area contributed by atoms with Crippen LogP contribution in [0.3, 0.4) is 0 Å². The van der Waals surface area contributed by atoms with E-state index in [2.05, 4.69) is 6.58 Å². The van der Waals surface area contributed by atoms with Crippen molar-refractivity contribution in [1.82, 2.24) is 0 Å². The Bertz CT molecular complexity index is 133. The molecule has 0 aromatic heterocycles. The molecule has 0 aliphatic rings. The van der Waals surface area contributed by atoms with Gasteiger partial charge < -0.3 is 11.1 Å². The van der Waals surface area contributed by atoms with Crippen molar-refractivity contribution < 1.29 is 0 Å². The topological polar surface area (TPSA) is 49.9 Å². The highest BCUT2D eigenvalue weighted by Gasteiger charge is 1.88. The number of rotatable bonds is 2. The van der Waals surface area contributed by atoms with Crippen molar-refractivity contribution >= 4 is 5.71 Å². The van der Waals surface area contributed by atoms with E-state index in [9.17, 15) is 0 Å². The maximum absolute atomic E-state index is 7.08. The van der Waals surface area contributed by atoms with Gasteiger partial charge in [0.05, 0.1) is 5.71 Å². The number of nitrogens with two attached hydrogens (primary N) is 1. The molecular weight excluding hydrogens is 100 g/mol. The van der Waals surface area contributed by atoms with Gasteiger partial charge in [-0.3, -0.25) is 0 Å². The summed E-state index contributed by atoms with van der Waals surface area (Å²) >= 11 is 0.